The average molecular weight is 460 g/mol. The first-order valence-corrected chi connectivity index (χ1v) is 10.9. The van der Waals surface area contributed by atoms with Crippen LogP contribution < -0.4 is 25.4 Å². The van der Waals surface area contributed by atoms with Crippen molar-refractivity contribution in [1.29, 1.82) is 0 Å². The van der Waals surface area contributed by atoms with Gasteiger partial charge in [0, 0.05) is 11.3 Å². The molecule has 1 unspecified atom stereocenters. The summed E-state index contributed by atoms with van der Waals surface area (Å²) in [6, 6.07) is 22.2. The Balaban J connectivity index is 1.90. The summed E-state index contributed by atoms with van der Waals surface area (Å²) in [6.07, 6.45) is 0. The van der Waals surface area contributed by atoms with Gasteiger partial charge in [-0.2, -0.15) is 0 Å². The van der Waals surface area contributed by atoms with Gasteiger partial charge in [-0.05, 0) is 55.0 Å². The summed E-state index contributed by atoms with van der Waals surface area (Å²) in [5.74, 6) is 1.01. The molecule has 1 heterocycles. The predicted molar refractivity (Wildman–Crippen MR) is 134 cm³/mol. The number of rotatable bonds is 6. The lowest BCUT2D eigenvalue weighted by Crippen LogP contribution is -2.45. The third-order valence-electron chi connectivity index (χ3n) is 5.44. The first kappa shape index (κ1) is 22.4. The number of amides is 1. The Bertz CT molecular complexity index is 1210. The molecule has 0 bridgehead atoms. The molecular weight excluding hydrogens is 434 g/mol. The van der Waals surface area contributed by atoms with Gasteiger partial charge in [-0.3, -0.25) is 4.79 Å². The highest BCUT2D eigenvalue weighted by Gasteiger charge is 2.34. The Labute approximate surface area is 198 Å². The largest absolute Gasteiger partial charge is 0.497 e. The van der Waals surface area contributed by atoms with Crippen molar-refractivity contribution in [3.63, 3.8) is 0 Å². The number of carbonyl (C=O) groups excluding carboxylic acids is 1. The molecule has 7 heteroatoms. The number of carbonyl (C=O) groups is 1. The van der Waals surface area contributed by atoms with Crippen molar-refractivity contribution in [2.75, 3.05) is 19.5 Å². The normalized spacial score (nSPS) is 15.4. The number of nitrogens with one attached hydrogen (secondary N) is 3. The maximum absolute atomic E-state index is 13.7. The molecule has 0 fully saturated rings. The van der Waals surface area contributed by atoms with E-state index in [0.29, 0.717) is 33.6 Å². The summed E-state index contributed by atoms with van der Waals surface area (Å²) in [7, 11) is 3.20. The van der Waals surface area contributed by atoms with Crippen LogP contribution in [0.1, 0.15) is 22.7 Å². The molecule has 1 aliphatic heterocycles. The van der Waals surface area contributed by atoms with Gasteiger partial charge in [0.15, 0.2) is 5.11 Å². The number of hydrogen-bond donors (Lipinski definition) is 3. The fraction of sp³-hybridized carbons (Fsp3) is 0.154. The zero-order chi connectivity index (χ0) is 23.4. The summed E-state index contributed by atoms with van der Waals surface area (Å²) in [6.45, 7) is 2.02. The fourth-order valence-corrected chi connectivity index (χ4v) is 4.00. The quantitative estimate of drug-likeness (QED) is 0.469. The molecule has 168 valence electrons. The van der Waals surface area contributed by atoms with Gasteiger partial charge in [-0.1, -0.05) is 48.0 Å². The molecule has 33 heavy (non-hydrogen) atoms. The molecule has 4 rings (SSSR count). The summed E-state index contributed by atoms with van der Waals surface area (Å²) in [4.78, 5) is 13.7. The summed E-state index contributed by atoms with van der Waals surface area (Å²) >= 11 is 5.54. The minimum absolute atomic E-state index is 0.255. The Kier molecular flexibility index (Phi) is 6.60. The van der Waals surface area contributed by atoms with Gasteiger partial charge in [-0.25, -0.2) is 0 Å². The Morgan fingerprint density at radius 1 is 0.970 bits per heavy atom. The Morgan fingerprint density at radius 3 is 2.36 bits per heavy atom. The van der Waals surface area contributed by atoms with Gasteiger partial charge >= 0.3 is 0 Å². The van der Waals surface area contributed by atoms with Crippen LogP contribution in [-0.2, 0) is 4.79 Å². The highest BCUT2D eigenvalue weighted by Crippen LogP contribution is 2.38. The number of aryl methyl sites for hydroxylation is 1. The second-order valence-electron chi connectivity index (χ2n) is 7.61. The fourth-order valence-electron chi connectivity index (χ4n) is 3.78. The van der Waals surface area contributed by atoms with E-state index >= 15 is 0 Å². The highest BCUT2D eigenvalue weighted by molar-refractivity contribution is 7.80. The number of benzene rings is 3. The Morgan fingerprint density at radius 2 is 1.70 bits per heavy atom. The number of anilines is 1. The van der Waals surface area contributed by atoms with Crippen molar-refractivity contribution < 1.29 is 14.3 Å². The summed E-state index contributed by atoms with van der Waals surface area (Å²) < 4.78 is 11.1. The van der Waals surface area contributed by atoms with Crippen molar-refractivity contribution in [2.45, 2.75) is 13.0 Å². The van der Waals surface area contributed by atoms with Gasteiger partial charge < -0.3 is 25.4 Å². The number of ether oxygens (including phenoxy) is 2. The maximum atomic E-state index is 13.7. The van der Waals surface area contributed by atoms with Crippen molar-refractivity contribution in [3.05, 3.63) is 95.1 Å². The molecule has 0 saturated carbocycles. The zero-order valence-electron chi connectivity index (χ0n) is 18.6. The van der Waals surface area contributed by atoms with Gasteiger partial charge in [0.2, 0.25) is 0 Å². The number of hydrogen-bond acceptors (Lipinski definition) is 4. The average Bonchev–Trinajstić information content (AvgIpc) is 2.84. The van der Waals surface area contributed by atoms with Crippen molar-refractivity contribution in [1.82, 2.24) is 10.6 Å². The second kappa shape index (κ2) is 9.75. The van der Waals surface area contributed by atoms with E-state index in [0.717, 1.165) is 16.7 Å². The lowest BCUT2D eigenvalue weighted by Gasteiger charge is -2.32. The van der Waals surface area contributed by atoms with Crippen LogP contribution in [0, 0.1) is 6.92 Å². The number of thiocarbonyl (C=S) groups is 1. The molecule has 3 aromatic rings. The van der Waals surface area contributed by atoms with Crippen LogP contribution >= 0.6 is 12.2 Å². The SMILES string of the molecule is COc1ccc(OC)c(C2NC(=S)NC(c3ccc(C)cc3)=C2C(=O)Nc2ccccc2)c1. The third kappa shape index (κ3) is 4.83. The molecule has 0 radical (unpaired) electrons. The molecule has 0 aliphatic carbocycles. The van der Waals surface area contributed by atoms with E-state index in [1.165, 1.54) is 0 Å². The maximum Gasteiger partial charge on any atom is 0.256 e. The smallest absolute Gasteiger partial charge is 0.256 e. The molecule has 3 aromatic carbocycles. The molecule has 0 spiro atoms. The van der Waals surface area contributed by atoms with Crippen LogP contribution in [0.5, 0.6) is 11.5 Å². The van der Waals surface area contributed by atoms with E-state index in [9.17, 15) is 4.79 Å². The van der Waals surface area contributed by atoms with E-state index in [-0.39, 0.29) is 5.91 Å². The van der Waals surface area contributed by atoms with E-state index in [2.05, 4.69) is 16.0 Å². The van der Waals surface area contributed by atoms with Crippen LogP contribution in [-0.4, -0.2) is 25.2 Å². The minimum Gasteiger partial charge on any atom is -0.497 e. The Hall–Kier alpha value is -3.84. The molecule has 1 amide bonds. The van der Waals surface area contributed by atoms with Gasteiger partial charge in [-0.15, -0.1) is 0 Å². The number of para-hydroxylation sites is 1. The molecule has 1 atom stereocenters. The first-order valence-electron chi connectivity index (χ1n) is 10.5. The van der Waals surface area contributed by atoms with Gasteiger partial charge in [0.05, 0.1) is 31.5 Å². The summed E-state index contributed by atoms with van der Waals surface area (Å²) in [5, 5.41) is 9.88. The van der Waals surface area contributed by atoms with E-state index in [1.54, 1.807) is 14.2 Å². The van der Waals surface area contributed by atoms with Crippen LogP contribution in [0.4, 0.5) is 5.69 Å². The lowest BCUT2D eigenvalue weighted by atomic mass is 9.91. The summed E-state index contributed by atoms with van der Waals surface area (Å²) in [5.41, 5.74) is 4.54. The third-order valence-corrected chi connectivity index (χ3v) is 5.66. The molecule has 6 nitrogen and oxygen atoms in total. The van der Waals surface area contributed by atoms with Crippen LogP contribution in [0.2, 0.25) is 0 Å². The van der Waals surface area contributed by atoms with E-state index in [1.807, 2.05) is 79.7 Å². The van der Waals surface area contributed by atoms with E-state index < -0.39 is 6.04 Å². The molecular formula is C26H25N3O3S. The zero-order valence-corrected chi connectivity index (χ0v) is 19.5. The number of methoxy groups -OCH3 is 2. The lowest BCUT2D eigenvalue weighted by molar-refractivity contribution is -0.113. The standard InChI is InChI=1S/C26H25N3O3S/c1-16-9-11-17(12-10-16)23-22(25(30)27-18-7-5-4-6-8-18)24(29-26(33)28-23)20-15-19(31-2)13-14-21(20)32-3/h4-15,24H,1-3H3,(H,27,30)(H2,28,29,33). The van der Waals surface area contributed by atoms with Crippen LogP contribution in [0.3, 0.4) is 0 Å². The van der Waals surface area contributed by atoms with Crippen LogP contribution in [0.15, 0.2) is 78.4 Å². The van der Waals surface area contributed by atoms with Crippen molar-refractivity contribution in [2.24, 2.45) is 0 Å². The van der Waals surface area contributed by atoms with Gasteiger partial charge in [0.1, 0.15) is 11.5 Å². The second-order valence-corrected chi connectivity index (χ2v) is 8.02. The molecule has 0 aromatic heterocycles. The van der Waals surface area contributed by atoms with Crippen LogP contribution in [0.25, 0.3) is 5.70 Å². The molecule has 3 N–H and O–H groups in total. The first-order chi connectivity index (χ1) is 16.0. The van der Waals surface area contributed by atoms with E-state index in [4.69, 9.17) is 21.7 Å². The van der Waals surface area contributed by atoms with Crippen molar-refractivity contribution >= 4 is 34.6 Å². The van der Waals surface area contributed by atoms with Gasteiger partial charge in [0.25, 0.3) is 5.91 Å². The topological polar surface area (TPSA) is 71.6 Å². The molecule has 0 saturated heterocycles. The highest BCUT2D eigenvalue weighted by atomic mass is 32.1. The predicted octanol–water partition coefficient (Wildman–Crippen LogP) is 4.58. The monoisotopic (exact) mass is 459 g/mol. The van der Waals surface area contributed by atoms with Crippen molar-refractivity contribution in [3.8, 4) is 11.5 Å². The minimum atomic E-state index is -0.566. The molecule has 1 aliphatic rings.